The van der Waals surface area contributed by atoms with E-state index in [1.54, 1.807) is 6.20 Å². The highest BCUT2D eigenvalue weighted by Crippen LogP contribution is 2.46. The van der Waals surface area contributed by atoms with Gasteiger partial charge in [0.2, 0.25) is 11.8 Å². The Labute approximate surface area is 498 Å². The number of aliphatic hydroxyl groups is 4. The fraction of sp³-hybridized carbons (Fsp3) is 0.449. The van der Waals surface area contributed by atoms with Crippen molar-refractivity contribution in [3.63, 3.8) is 0 Å². The number of hydrogen-bond donors (Lipinski definition) is 14. The molecule has 0 unspecified atom stereocenters. The van der Waals surface area contributed by atoms with Gasteiger partial charge in [-0.25, -0.2) is 12.7 Å². The normalized spacial score (nSPS) is 18.1. The molecular weight excluding hydrogens is 1290 g/mol. The molecule has 1 saturated heterocycles. The van der Waals surface area contributed by atoms with Crippen LogP contribution in [0.2, 0.25) is 0 Å². The molecule has 0 radical (unpaired) electrons. The number of nitrogens with one attached hydrogen (secondary N) is 4. The lowest BCUT2D eigenvalue weighted by Crippen LogP contribution is -2.59. The molecular formula is C49H64IN11O22S2. The van der Waals surface area contributed by atoms with Gasteiger partial charge in [-0.05, 0) is 48.0 Å². The predicted molar refractivity (Wildman–Crippen MR) is 302 cm³/mol. The average molecular weight is 1350 g/mol. The fourth-order valence-electron chi connectivity index (χ4n) is 8.31. The maximum atomic E-state index is 13.5. The second-order valence-corrected chi connectivity index (χ2v) is 21.7. The summed E-state index contributed by atoms with van der Waals surface area (Å²) in [5.41, 5.74) is 16.4. The van der Waals surface area contributed by atoms with Gasteiger partial charge in [0, 0.05) is 66.2 Å². The van der Waals surface area contributed by atoms with Crippen molar-refractivity contribution in [3.05, 3.63) is 82.7 Å². The summed E-state index contributed by atoms with van der Waals surface area (Å²) < 4.78 is 115. The molecule has 17 N–H and O–H groups in total. The van der Waals surface area contributed by atoms with E-state index in [9.17, 15) is 70.7 Å². The number of ether oxygens (including phenoxy) is 6. The molecule has 85 heavy (non-hydrogen) atoms. The van der Waals surface area contributed by atoms with Gasteiger partial charge in [-0.15, -0.1) is 5.10 Å². The number of amides is 3. The van der Waals surface area contributed by atoms with Gasteiger partial charge in [0.25, 0.3) is 26.1 Å². The van der Waals surface area contributed by atoms with Gasteiger partial charge in [0.15, 0.2) is 27.4 Å². The SMILES string of the molecule is N/C(=C\NCCOCCOCCNC(=O)[C@@H](N)Cc1cn(CCOCCOCCNC(=O)CO[C@@H]2O[C@H](CO)[C@@H](O)[C@H](O)[C@H]2O)nn1)CNC(=O)c1ccc(C(=O)O)c(-c2c3cc/c(=N\I)c(S(=O)(=O)O)c-3oc3c(S(=O)(=O)O)c(N)ccc23)c1. The minimum absolute atomic E-state index is 0.113. The lowest BCUT2D eigenvalue weighted by atomic mass is 9.89. The van der Waals surface area contributed by atoms with E-state index in [-0.39, 0.29) is 118 Å². The predicted octanol–water partition coefficient (Wildman–Crippen LogP) is -3.37. The monoisotopic (exact) mass is 1350 g/mol. The quantitative estimate of drug-likeness (QED) is 0.00641. The summed E-state index contributed by atoms with van der Waals surface area (Å²) in [7, 11) is -10.4. The number of carbonyl (C=O) groups is 4. The van der Waals surface area contributed by atoms with Gasteiger partial charge in [-0.1, -0.05) is 5.21 Å². The molecule has 33 nitrogen and oxygen atoms in total. The Balaban J connectivity index is 0.840. The van der Waals surface area contributed by atoms with Gasteiger partial charge >= 0.3 is 5.97 Å². The number of aromatic nitrogens is 3. The molecule has 3 aliphatic rings. The Morgan fingerprint density at radius 3 is 2.13 bits per heavy atom. The zero-order valence-electron chi connectivity index (χ0n) is 44.9. The van der Waals surface area contributed by atoms with Gasteiger partial charge in [-0.3, -0.25) is 23.5 Å². The van der Waals surface area contributed by atoms with E-state index in [0.29, 0.717) is 18.8 Å². The highest BCUT2D eigenvalue weighted by Gasteiger charge is 2.44. The Kier molecular flexibility index (Phi) is 25.2. The van der Waals surface area contributed by atoms with Gasteiger partial charge < -0.3 is 96.8 Å². The number of carboxylic acids is 1. The number of carbonyl (C=O) groups excluding carboxylic acids is 3. The van der Waals surface area contributed by atoms with Crippen LogP contribution < -0.4 is 43.8 Å². The van der Waals surface area contributed by atoms with Crippen molar-refractivity contribution >= 4 is 83.4 Å². The second kappa shape index (κ2) is 31.7. The minimum atomic E-state index is -5.20. The number of aliphatic hydroxyl groups excluding tert-OH is 4. The molecule has 0 saturated carbocycles. The van der Waals surface area contributed by atoms with Crippen LogP contribution in [-0.2, 0) is 71.2 Å². The lowest BCUT2D eigenvalue weighted by Gasteiger charge is -2.39. The van der Waals surface area contributed by atoms with Crippen LogP contribution in [0.15, 0.2) is 78.0 Å². The number of nitrogens with two attached hydrogens (primary N) is 3. The molecule has 36 heteroatoms. The summed E-state index contributed by atoms with van der Waals surface area (Å²) in [6, 6.07) is 7.35. The fourth-order valence-corrected chi connectivity index (χ4v) is 10.4. The van der Waals surface area contributed by atoms with Crippen LogP contribution in [0.5, 0.6) is 0 Å². The summed E-state index contributed by atoms with van der Waals surface area (Å²) in [6.45, 7) is 1.43. The summed E-state index contributed by atoms with van der Waals surface area (Å²) >= 11 is 1.46. The summed E-state index contributed by atoms with van der Waals surface area (Å²) in [6.07, 6.45) is -4.17. The Morgan fingerprint density at radius 2 is 1.48 bits per heavy atom. The van der Waals surface area contributed by atoms with Gasteiger partial charge in [0.1, 0.15) is 31.0 Å². The first-order chi connectivity index (χ1) is 40.4. The van der Waals surface area contributed by atoms with E-state index in [2.05, 4.69) is 34.8 Å². The zero-order chi connectivity index (χ0) is 62.0. The third kappa shape index (κ3) is 18.7. The molecule has 1 aromatic heterocycles. The maximum Gasteiger partial charge on any atom is 0.336 e. The number of benzene rings is 3. The molecule has 466 valence electrons. The van der Waals surface area contributed by atoms with Crippen molar-refractivity contribution in [1.82, 2.24) is 36.3 Å². The molecule has 3 amide bonds. The summed E-state index contributed by atoms with van der Waals surface area (Å²) in [4.78, 5) is 48.9. The third-order valence-corrected chi connectivity index (χ3v) is 14.8. The summed E-state index contributed by atoms with van der Waals surface area (Å²) in [5.74, 6) is -3.88. The van der Waals surface area contributed by atoms with Crippen molar-refractivity contribution in [3.8, 4) is 22.5 Å². The molecule has 6 rings (SSSR count). The molecule has 2 aliphatic heterocycles. The Bertz CT molecular complexity index is 3440. The number of hydrogen-bond acceptors (Lipinski definition) is 26. The largest absolute Gasteiger partial charge is 0.478 e. The van der Waals surface area contributed by atoms with Crippen molar-refractivity contribution in [2.75, 3.05) is 98.0 Å². The Morgan fingerprint density at radius 1 is 0.824 bits per heavy atom. The smallest absolute Gasteiger partial charge is 0.336 e. The first kappa shape index (κ1) is 67.5. The number of carboxylic acid groups (broad SMARTS) is 1. The molecule has 0 spiro atoms. The van der Waals surface area contributed by atoms with E-state index >= 15 is 0 Å². The third-order valence-electron chi connectivity index (χ3n) is 12.4. The topological polar surface area (TPSA) is 516 Å². The molecule has 1 aliphatic carbocycles. The minimum Gasteiger partial charge on any atom is -0.478 e. The first-order valence-corrected chi connectivity index (χ1v) is 29.5. The van der Waals surface area contributed by atoms with E-state index < -0.39 is 126 Å². The summed E-state index contributed by atoms with van der Waals surface area (Å²) in [5, 5.41) is 67.5. The highest BCUT2D eigenvalue weighted by atomic mass is 127. The van der Waals surface area contributed by atoms with Crippen LogP contribution in [0.3, 0.4) is 0 Å². The van der Waals surface area contributed by atoms with Crippen molar-refractivity contribution in [2.24, 2.45) is 14.7 Å². The Hall–Kier alpha value is -6.60. The van der Waals surface area contributed by atoms with Crippen LogP contribution >= 0.6 is 22.9 Å². The van der Waals surface area contributed by atoms with Crippen LogP contribution in [0, 0.1) is 0 Å². The number of nitrogens with zero attached hydrogens (tertiary/aromatic N) is 4. The standard InChI is InChI=1S/C49H64IN11O22S2/c50-58-35-6-4-31-38(30-3-5-33(52)44(84(71,72)73)42(30)83-43(31)45(35)85(74,75)76)32-19-26(1-2-29(32)48(69)70)46(67)57-22-27(51)21-54-7-11-77-15-16-79-13-9-56-47(68)34(53)20-28-23-61(60-59-28)10-14-80-18-17-78-12-8-55-37(63)25-81-49-41(66)40(65)39(64)36(24-62)82-49/h1-6,19,21,23,34,36,39-41,49,54,62,64-66H,7-18,20,22,24-25,51-53H2,(H,55,63)(H,56,68)(H,57,67)(H,69,70)(H,71,72,73)(H,74,75,76)/b27-21-,58-35+/t34-,36+,39+,40-,41+,49+/m0/s1. The molecule has 3 aromatic rings. The number of nitrogen functional groups attached to an aromatic ring is 1. The van der Waals surface area contributed by atoms with Gasteiger partial charge in [-0.2, -0.15) is 16.8 Å². The molecule has 2 aromatic carbocycles. The zero-order valence-corrected chi connectivity index (χ0v) is 48.7. The van der Waals surface area contributed by atoms with E-state index in [0.717, 1.165) is 18.2 Å². The van der Waals surface area contributed by atoms with Crippen LogP contribution in [0.25, 0.3) is 33.4 Å². The second-order valence-electron chi connectivity index (χ2n) is 18.5. The van der Waals surface area contributed by atoms with Crippen LogP contribution in [0.4, 0.5) is 5.69 Å². The molecule has 1 fully saturated rings. The number of rotatable bonds is 33. The maximum absolute atomic E-state index is 13.5. The highest BCUT2D eigenvalue weighted by molar-refractivity contribution is 14.1. The first-order valence-electron chi connectivity index (χ1n) is 25.6. The lowest BCUT2D eigenvalue weighted by molar-refractivity contribution is -0.299. The van der Waals surface area contributed by atoms with Crippen molar-refractivity contribution in [1.29, 1.82) is 0 Å². The number of anilines is 1. The van der Waals surface area contributed by atoms with Crippen molar-refractivity contribution < 1.29 is 103 Å². The van der Waals surface area contributed by atoms with E-state index in [1.807, 2.05) is 0 Å². The molecule has 3 heterocycles. The number of halogens is 1. The van der Waals surface area contributed by atoms with E-state index in [1.165, 1.54) is 58.0 Å². The van der Waals surface area contributed by atoms with Crippen LogP contribution in [0.1, 0.15) is 26.4 Å². The van der Waals surface area contributed by atoms with E-state index in [4.69, 9.17) is 50.0 Å². The molecule has 6 atom stereocenters. The number of aromatic carboxylic acids is 1. The number of fused-ring (bicyclic) bond motifs is 2. The van der Waals surface area contributed by atoms with Gasteiger partial charge in [0.05, 0.1) is 124 Å². The van der Waals surface area contributed by atoms with Crippen LogP contribution in [-0.4, -0.2) is 219 Å². The molecule has 0 bridgehead atoms. The average Bonchev–Trinajstić information content (AvgIpc) is 1.94. The van der Waals surface area contributed by atoms with Crippen molar-refractivity contribution in [2.45, 2.75) is 59.5 Å².